The number of rotatable bonds is 15. The van der Waals surface area contributed by atoms with Crippen LogP contribution in [0.2, 0.25) is 0 Å². The fourth-order valence-corrected chi connectivity index (χ4v) is 14.5. The first-order valence-electron chi connectivity index (χ1n) is 13.0. The van der Waals surface area contributed by atoms with E-state index in [9.17, 15) is 18.0 Å². The Morgan fingerprint density at radius 3 is 1.54 bits per heavy atom. The molecule has 2 rings (SSSR count). The van der Waals surface area contributed by atoms with E-state index >= 15 is 0 Å². The Hall–Kier alpha value is -2.28. The van der Waals surface area contributed by atoms with Gasteiger partial charge in [0.25, 0.3) is 0 Å². The molecule has 0 saturated heterocycles. The third-order valence-corrected chi connectivity index (χ3v) is 15.7. The van der Waals surface area contributed by atoms with Gasteiger partial charge < -0.3 is 0 Å². The van der Waals surface area contributed by atoms with Crippen molar-refractivity contribution in [2.24, 2.45) is 0 Å². The first-order valence-corrected chi connectivity index (χ1v) is 17.1. The van der Waals surface area contributed by atoms with Crippen molar-refractivity contribution in [3.05, 3.63) is 59.7 Å². The molecule has 9 heteroatoms. The fraction of sp³-hybridized carbons (Fsp3) is 0.500. The Morgan fingerprint density at radius 2 is 1.16 bits per heavy atom. The molecule has 206 valence electrons. The number of hydrogen-bond donors (Lipinski definition) is 0. The molecule has 0 bridgehead atoms. The molecule has 0 N–H and O–H groups in total. The maximum atomic E-state index is 14.1. The van der Waals surface area contributed by atoms with E-state index in [4.69, 9.17) is 13.4 Å². The summed E-state index contributed by atoms with van der Waals surface area (Å²) in [6, 6.07) is 13.5. The number of benzene rings is 2. The molecule has 37 heavy (non-hydrogen) atoms. The molecule has 0 amide bonds. The summed E-state index contributed by atoms with van der Waals surface area (Å²) < 4.78 is 44.5. The normalized spacial score (nSPS) is 12.9. The molecule has 0 saturated carbocycles. The van der Waals surface area contributed by atoms with Gasteiger partial charge in [-0.3, -0.25) is 0 Å². The summed E-state index contributed by atoms with van der Waals surface area (Å²) in [7, 11) is -2.01. The first-order chi connectivity index (χ1) is 17.6. The third kappa shape index (κ3) is 7.18. The van der Waals surface area contributed by atoms with Crippen LogP contribution in [0.15, 0.2) is 53.4 Å². The minimum atomic E-state index is -4.40. The van der Waals surface area contributed by atoms with Crippen LogP contribution in [-0.2, 0) is 23.6 Å². The van der Waals surface area contributed by atoms with E-state index in [2.05, 4.69) is 20.8 Å². The van der Waals surface area contributed by atoms with Crippen LogP contribution >= 0.6 is 6.83 Å². The second-order valence-electron chi connectivity index (χ2n) is 9.45. The van der Waals surface area contributed by atoms with Crippen LogP contribution in [0, 0.1) is 0 Å². The number of methoxy groups -OCH3 is 2. The number of unbranched alkanes of at least 4 members (excludes halogenated alkanes) is 3. The van der Waals surface area contributed by atoms with Crippen molar-refractivity contribution < 1.29 is 31.5 Å². The van der Waals surface area contributed by atoms with E-state index in [-0.39, 0.29) is 16.0 Å². The Morgan fingerprint density at radius 1 is 0.730 bits per heavy atom. The quantitative estimate of drug-likeness (QED) is 0.193. The van der Waals surface area contributed by atoms with E-state index < -0.39 is 28.9 Å². The Labute approximate surface area is 222 Å². The molecule has 0 heterocycles. The molecule has 0 spiro atoms. The number of carbonyl (C=O) groups excluding carboxylic acids is 2. The summed E-state index contributed by atoms with van der Waals surface area (Å²) >= 11 is 0. The average Bonchev–Trinajstić information content (AvgIpc) is 2.93. The average molecular weight is 553 g/mol. The van der Waals surface area contributed by atoms with E-state index in [1.807, 2.05) is 30.3 Å². The summed E-state index contributed by atoms with van der Waals surface area (Å²) in [5.74, 6) is -1.52. The van der Waals surface area contributed by atoms with Gasteiger partial charge in [0.05, 0.1) is 0 Å². The number of esters is 2. The number of carbonyl (C=O) groups is 2. The van der Waals surface area contributed by atoms with Crippen LogP contribution in [0.5, 0.6) is 0 Å². The van der Waals surface area contributed by atoms with E-state index in [0.717, 1.165) is 43.8 Å². The standard InChI is InChI=1S/C28H41O7PS/c1-6-9-17-36(18-10-7-2,19-11-8-3,25-15-13-12-14-16-25)35-37(31,32)26-21-23(27(29)33-4)20-24(22-26)28(30)34-5/h12-16,20-22H,6-11,17-19H2,1-5H3. The summed E-state index contributed by atoms with van der Waals surface area (Å²) in [5, 5.41) is 0.949. The molecule has 0 aliphatic carbocycles. The van der Waals surface area contributed by atoms with Gasteiger partial charge in [-0.25, -0.2) is 0 Å². The zero-order valence-electron chi connectivity index (χ0n) is 22.7. The summed E-state index contributed by atoms with van der Waals surface area (Å²) in [4.78, 5) is 24.4. The van der Waals surface area contributed by atoms with Crippen LogP contribution in [-0.4, -0.2) is 53.1 Å². The summed E-state index contributed by atoms with van der Waals surface area (Å²) in [5.41, 5.74) is -0.133. The monoisotopic (exact) mass is 552 g/mol. The van der Waals surface area contributed by atoms with Crippen molar-refractivity contribution in [2.45, 2.75) is 64.2 Å². The molecule has 0 aliphatic heterocycles. The molecule has 2 aromatic rings. The van der Waals surface area contributed by atoms with Gasteiger partial charge in [-0.2, -0.15) is 0 Å². The number of ether oxygens (including phenoxy) is 2. The predicted octanol–water partition coefficient (Wildman–Crippen LogP) is 6.16. The van der Waals surface area contributed by atoms with Gasteiger partial charge in [-0.05, 0) is 0 Å². The Balaban J connectivity index is 2.85. The van der Waals surface area contributed by atoms with E-state index in [1.54, 1.807) is 0 Å². The van der Waals surface area contributed by atoms with Crippen molar-refractivity contribution in [3.8, 4) is 0 Å². The van der Waals surface area contributed by atoms with E-state index in [1.165, 1.54) is 32.4 Å². The maximum absolute atomic E-state index is 14.1. The van der Waals surface area contributed by atoms with Gasteiger partial charge in [0.15, 0.2) is 0 Å². The van der Waals surface area contributed by atoms with Gasteiger partial charge in [-0.15, -0.1) is 0 Å². The van der Waals surface area contributed by atoms with Crippen molar-refractivity contribution in [2.75, 3.05) is 32.7 Å². The molecular weight excluding hydrogens is 511 g/mol. The topological polar surface area (TPSA) is 96.0 Å². The van der Waals surface area contributed by atoms with Gasteiger partial charge in [0.1, 0.15) is 0 Å². The van der Waals surface area contributed by atoms with Crippen LogP contribution in [0.25, 0.3) is 0 Å². The van der Waals surface area contributed by atoms with Crippen molar-refractivity contribution in [1.82, 2.24) is 0 Å². The van der Waals surface area contributed by atoms with Gasteiger partial charge in [0.2, 0.25) is 0 Å². The van der Waals surface area contributed by atoms with Crippen molar-refractivity contribution >= 4 is 34.2 Å². The second-order valence-corrected chi connectivity index (χ2v) is 16.5. The fourth-order valence-electron chi connectivity index (χ4n) is 4.77. The van der Waals surface area contributed by atoms with Crippen LogP contribution in [0.1, 0.15) is 80.0 Å². The van der Waals surface area contributed by atoms with E-state index in [0.29, 0.717) is 18.5 Å². The van der Waals surface area contributed by atoms with Crippen LogP contribution in [0.4, 0.5) is 0 Å². The molecule has 0 radical (unpaired) electrons. The Kier molecular flexibility index (Phi) is 11.3. The SMILES string of the molecule is CCCCP(CCCC)(CCCC)(OS(=O)(=O)c1cc(C(=O)OC)cc(C(=O)OC)c1)c1ccccc1. The molecule has 0 fully saturated rings. The van der Waals surface area contributed by atoms with Gasteiger partial charge in [-0.1, -0.05) is 0 Å². The minimum absolute atomic E-state index is 0.0664. The molecule has 7 nitrogen and oxygen atoms in total. The molecule has 0 aromatic heterocycles. The molecule has 0 unspecified atom stereocenters. The van der Waals surface area contributed by atoms with Gasteiger partial charge in [0, 0.05) is 0 Å². The first kappa shape index (κ1) is 30.9. The zero-order chi connectivity index (χ0) is 27.6. The zero-order valence-corrected chi connectivity index (χ0v) is 24.4. The van der Waals surface area contributed by atoms with Crippen molar-refractivity contribution in [3.63, 3.8) is 0 Å². The molecular formula is C28H41O7PS. The molecule has 0 atom stereocenters. The second kappa shape index (κ2) is 13.5. The summed E-state index contributed by atoms with van der Waals surface area (Å²) in [6.45, 7) is 2.73. The van der Waals surface area contributed by atoms with Crippen molar-refractivity contribution in [1.29, 1.82) is 0 Å². The summed E-state index contributed by atoms with van der Waals surface area (Å²) in [6.07, 6.45) is 7.11. The molecule has 2 aromatic carbocycles. The van der Waals surface area contributed by atoms with Gasteiger partial charge >= 0.3 is 222 Å². The predicted molar refractivity (Wildman–Crippen MR) is 150 cm³/mol. The third-order valence-electron chi connectivity index (χ3n) is 6.83. The molecule has 0 aliphatic rings. The van der Waals surface area contributed by atoms with Crippen LogP contribution < -0.4 is 5.30 Å². The number of hydrogen-bond acceptors (Lipinski definition) is 7. The Bertz CT molecular complexity index is 1100. The van der Waals surface area contributed by atoms with Crippen LogP contribution in [0.3, 0.4) is 0 Å².